The summed E-state index contributed by atoms with van der Waals surface area (Å²) in [6.45, 7) is 0. The van der Waals surface area contributed by atoms with E-state index < -0.39 is 0 Å². The van der Waals surface area contributed by atoms with Crippen LogP contribution in [-0.2, 0) is 0 Å². The van der Waals surface area contributed by atoms with E-state index in [9.17, 15) is 4.39 Å². The number of oxime groups is 1. The van der Waals surface area contributed by atoms with E-state index in [4.69, 9.17) is 10.9 Å². The van der Waals surface area contributed by atoms with Crippen molar-refractivity contribution in [3.63, 3.8) is 0 Å². The van der Waals surface area contributed by atoms with Crippen LogP contribution < -0.4 is 10.6 Å². The second kappa shape index (κ2) is 5.39. The van der Waals surface area contributed by atoms with Gasteiger partial charge < -0.3 is 15.8 Å². The molecule has 0 bridgehead atoms. The summed E-state index contributed by atoms with van der Waals surface area (Å²) in [5, 5.41) is 11.5. The number of rotatable bonds is 3. The Labute approximate surface area is 110 Å². The zero-order valence-electron chi connectivity index (χ0n) is 10.4. The van der Waals surface area contributed by atoms with Gasteiger partial charge in [0.1, 0.15) is 5.82 Å². The van der Waals surface area contributed by atoms with Gasteiger partial charge >= 0.3 is 0 Å². The Hall–Kier alpha value is -2.56. The Morgan fingerprint density at radius 3 is 2.37 bits per heavy atom. The van der Waals surface area contributed by atoms with Crippen molar-refractivity contribution in [2.24, 2.45) is 10.9 Å². The fourth-order valence-electron chi connectivity index (χ4n) is 1.78. The van der Waals surface area contributed by atoms with Crippen LogP contribution in [0.3, 0.4) is 0 Å². The third-order valence-corrected chi connectivity index (χ3v) is 2.87. The highest BCUT2D eigenvalue weighted by molar-refractivity contribution is 5.97. The Morgan fingerprint density at radius 1 is 1.16 bits per heavy atom. The van der Waals surface area contributed by atoms with Crippen LogP contribution in [0.25, 0.3) is 0 Å². The van der Waals surface area contributed by atoms with E-state index in [1.54, 1.807) is 54.4 Å². The molecule has 0 aromatic heterocycles. The van der Waals surface area contributed by atoms with E-state index >= 15 is 0 Å². The van der Waals surface area contributed by atoms with Crippen LogP contribution in [0.1, 0.15) is 5.56 Å². The van der Waals surface area contributed by atoms with Gasteiger partial charge in [-0.1, -0.05) is 17.3 Å². The molecular formula is C14H14FN3O. The summed E-state index contributed by atoms with van der Waals surface area (Å²) in [4.78, 5) is 1.73. The van der Waals surface area contributed by atoms with Crippen LogP contribution >= 0.6 is 0 Å². The van der Waals surface area contributed by atoms with Crippen molar-refractivity contribution < 1.29 is 9.60 Å². The van der Waals surface area contributed by atoms with Crippen molar-refractivity contribution in [2.75, 3.05) is 11.9 Å². The van der Waals surface area contributed by atoms with Crippen LogP contribution in [0.5, 0.6) is 0 Å². The van der Waals surface area contributed by atoms with Crippen LogP contribution in [0.2, 0.25) is 0 Å². The fraction of sp³-hybridized carbons (Fsp3) is 0.0714. The summed E-state index contributed by atoms with van der Waals surface area (Å²) >= 11 is 0. The minimum Gasteiger partial charge on any atom is -0.409 e. The van der Waals surface area contributed by atoms with Crippen molar-refractivity contribution in [3.05, 3.63) is 59.9 Å². The number of hydrogen-bond acceptors (Lipinski definition) is 3. The standard InChI is InChI=1S/C14H14FN3O/c1-18(13-5-3-2-4-12(13)15)11-8-6-10(7-9-11)14(16)17-19/h2-9,19H,1H3,(H2,16,17). The molecule has 0 fully saturated rings. The Morgan fingerprint density at radius 2 is 1.79 bits per heavy atom. The number of para-hydroxylation sites is 1. The summed E-state index contributed by atoms with van der Waals surface area (Å²) in [5.41, 5.74) is 7.38. The number of amidine groups is 1. The number of benzene rings is 2. The van der Waals surface area contributed by atoms with Crippen LogP contribution in [-0.4, -0.2) is 18.1 Å². The first-order valence-corrected chi connectivity index (χ1v) is 5.69. The van der Waals surface area contributed by atoms with Crippen molar-refractivity contribution in [1.82, 2.24) is 0 Å². The molecule has 0 radical (unpaired) electrons. The third-order valence-electron chi connectivity index (χ3n) is 2.87. The highest BCUT2D eigenvalue weighted by atomic mass is 19.1. The lowest BCUT2D eigenvalue weighted by atomic mass is 10.1. The zero-order chi connectivity index (χ0) is 13.8. The molecule has 0 atom stereocenters. The minimum atomic E-state index is -0.287. The van der Waals surface area contributed by atoms with Gasteiger partial charge in [0, 0.05) is 18.3 Å². The Balaban J connectivity index is 2.30. The quantitative estimate of drug-likeness (QED) is 0.385. The monoisotopic (exact) mass is 259 g/mol. The molecule has 2 aromatic rings. The van der Waals surface area contributed by atoms with Crippen LogP contribution in [0.15, 0.2) is 53.7 Å². The number of halogens is 1. The lowest BCUT2D eigenvalue weighted by Crippen LogP contribution is -2.14. The number of anilines is 2. The minimum absolute atomic E-state index is 0.0418. The first kappa shape index (κ1) is 12.9. The van der Waals surface area contributed by atoms with Crippen molar-refractivity contribution in [3.8, 4) is 0 Å². The molecule has 0 amide bonds. The lowest BCUT2D eigenvalue weighted by molar-refractivity contribution is 0.318. The fourth-order valence-corrected chi connectivity index (χ4v) is 1.78. The molecule has 0 aliphatic carbocycles. The van der Waals surface area contributed by atoms with Gasteiger partial charge in [0.05, 0.1) is 5.69 Å². The second-order valence-corrected chi connectivity index (χ2v) is 4.04. The van der Waals surface area contributed by atoms with Gasteiger partial charge in [-0.05, 0) is 36.4 Å². The van der Waals surface area contributed by atoms with Crippen molar-refractivity contribution in [2.45, 2.75) is 0 Å². The molecular weight excluding hydrogens is 245 g/mol. The van der Waals surface area contributed by atoms with Gasteiger partial charge in [-0.2, -0.15) is 0 Å². The predicted molar refractivity (Wildman–Crippen MR) is 73.4 cm³/mol. The molecule has 5 heteroatoms. The first-order valence-electron chi connectivity index (χ1n) is 5.69. The van der Waals surface area contributed by atoms with Gasteiger partial charge in [0.15, 0.2) is 5.84 Å². The molecule has 3 N–H and O–H groups in total. The third kappa shape index (κ3) is 2.65. The maximum atomic E-state index is 13.7. The molecule has 0 spiro atoms. The number of nitrogens with two attached hydrogens (primary N) is 1. The Bertz CT molecular complexity index is 596. The van der Waals surface area contributed by atoms with Crippen LogP contribution in [0, 0.1) is 5.82 Å². The van der Waals surface area contributed by atoms with E-state index in [2.05, 4.69) is 5.16 Å². The molecule has 0 aliphatic rings. The largest absolute Gasteiger partial charge is 0.409 e. The van der Waals surface area contributed by atoms with Gasteiger partial charge in [0.2, 0.25) is 0 Å². The van der Waals surface area contributed by atoms with Gasteiger partial charge in [0.25, 0.3) is 0 Å². The molecule has 0 saturated heterocycles. The van der Waals surface area contributed by atoms with Crippen molar-refractivity contribution >= 4 is 17.2 Å². The van der Waals surface area contributed by atoms with E-state index in [0.29, 0.717) is 11.3 Å². The summed E-state index contributed by atoms with van der Waals surface area (Å²) in [6, 6.07) is 13.5. The van der Waals surface area contributed by atoms with Crippen molar-refractivity contribution in [1.29, 1.82) is 0 Å². The highest BCUT2D eigenvalue weighted by Crippen LogP contribution is 2.25. The normalized spacial score (nSPS) is 11.4. The van der Waals surface area contributed by atoms with E-state index in [1.165, 1.54) is 6.07 Å². The first-order chi connectivity index (χ1) is 9.13. The van der Waals surface area contributed by atoms with Gasteiger partial charge in [-0.25, -0.2) is 4.39 Å². The summed E-state index contributed by atoms with van der Waals surface area (Å²) in [6.07, 6.45) is 0. The summed E-state index contributed by atoms with van der Waals surface area (Å²) in [7, 11) is 1.77. The maximum Gasteiger partial charge on any atom is 0.170 e. The molecule has 0 heterocycles. The van der Waals surface area contributed by atoms with E-state index in [0.717, 1.165) is 5.69 Å². The SMILES string of the molecule is CN(c1ccc(C(N)=NO)cc1)c1ccccc1F. The molecule has 0 unspecified atom stereocenters. The average Bonchev–Trinajstić information content (AvgIpc) is 2.46. The topological polar surface area (TPSA) is 61.8 Å². The van der Waals surface area contributed by atoms with Gasteiger partial charge in [-0.3, -0.25) is 0 Å². The smallest absolute Gasteiger partial charge is 0.170 e. The molecule has 2 aromatic carbocycles. The predicted octanol–water partition coefficient (Wildman–Crippen LogP) is 2.69. The van der Waals surface area contributed by atoms with E-state index in [-0.39, 0.29) is 11.7 Å². The average molecular weight is 259 g/mol. The highest BCUT2D eigenvalue weighted by Gasteiger charge is 2.09. The molecule has 98 valence electrons. The zero-order valence-corrected chi connectivity index (χ0v) is 10.4. The summed E-state index contributed by atoms with van der Waals surface area (Å²) < 4.78 is 13.7. The molecule has 0 saturated carbocycles. The molecule has 2 rings (SSSR count). The summed E-state index contributed by atoms with van der Waals surface area (Å²) in [5.74, 6) is -0.245. The van der Waals surface area contributed by atoms with Crippen LogP contribution in [0.4, 0.5) is 15.8 Å². The number of hydrogen-bond donors (Lipinski definition) is 2. The Kier molecular flexibility index (Phi) is 3.66. The lowest BCUT2D eigenvalue weighted by Gasteiger charge is -2.20. The molecule has 0 aliphatic heterocycles. The molecule has 19 heavy (non-hydrogen) atoms. The van der Waals surface area contributed by atoms with Gasteiger partial charge in [-0.15, -0.1) is 0 Å². The number of nitrogens with zero attached hydrogens (tertiary/aromatic N) is 2. The second-order valence-electron chi connectivity index (χ2n) is 4.04. The van der Waals surface area contributed by atoms with E-state index in [1.807, 2.05) is 0 Å². The molecule has 4 nitrogen and oxygen atoms in total. The maximum absolute atomic E-state index is 13.7.